The molecule has 120 valence electrons. The fraction of sp³-hybridized carbons (Fsp3) is 0.882. The minimum atomic E-state index is -0.787. The molecule has 0 aromatic heterocycles. The molecule has 21 heavy (non-hydrogen) atoms. The van der Waals surface area contributed by atoms with Gasteiger partial charge in [0.15, 0.2) is 0 Å². The van der Waals surface area contributed by atoms with E-state index >= 15 is 0 Å². The number of hydrogen-bond donors (Lipinski definition) is 1. The van der Waals surface area contributed by atoms with Gasteiger partial charge in [0.25, 0.3) is 0 Å². The van der Waals surface area contributed by atoms with Gasteiger partial charge in [-0.25, -0.2) is 0 Å². The van der Waals surface area contributed by atoms with Crippen molar-refractivity contribution in [3.05, 3.63) is 0 Å². The monoisotopic (exact) mass is 295 g/mol. The highest BCUT2D eigenvalue weighted by atomic mass is 16.4. The van der Waals surface area contributed by atoms with Crippen LogP contribution < -0.4 is 0 Å². The van der Waals surface area contributed by atoms with E-state index in [2.05, 4.69) is 13.8 Å². The molecule has 2 rings (SSSR count). The Morgan fingerprint density at radius 2 is 1.67 bits per heavy atom. The predicted octanol–water partition coefficient (Wildman–Crippen LogP) is 3.16. The normalized spacial score (nSPS) is 30.6. The van der Waals surface area contributed by atoms with Crippen molar-refractivity contribution in [3.63, 3.8) is 0 Å². The van der Waals surface area contributed by atoms with E-state index in [-0.39, 0.29) is 11.8 Å². The summed E-state index contributed by atoms with van der Waals surface area (Å²) >= 11 is 0. The fourth-order valence-corrected chi connectivity index (χ4v) is 4.11. The fourth-order valence-electron chi connectivity index (χ4n) is 4.11. The molecule has 0 bridgehead atoms. The summed E-state index contributed by atoms with van der Waals surface area (Å²) in [5.41, 5.74) is 0. The highest BCUT2D eigenvalue weighted by molar-refractivity contribution is 5.85. The van der Waals surface area contributed by atoms with Crippen LogP contribution in [0.15, 0.2) is 0 Å². The maximum atomic E-state index is 12.7. The molecule has 3 atom stereocenters. The summed E-state index contributed by atoms with van der Waals surface area (Å²) in [6, 6.07) is 0. The highest BCUT2D eigenvalue weighted by Gasteiger charge is 2.43. The van der Waals surface area contributed by atoms with Crippen molar-refractivity contribution in [1.29, 1.82) is 0 Å². The molecular formula is C17H29NO3. The third-order valence-electron chi connectivity index (χ3n) is 5.50. The van der Waals surface area contributed by atoms with Crippen molar-refractivity contribution in [2.24, 2.45) is 23.7 Å². The lowest BCUT2D eigenvalue weighted by Crippen LogP contribution is -2.43. The lowest BCUT2D eigenvalue weighted by Gasteiger charge is -2.34. The number of amides is 1. The summed E-state index contributed by atoms with van der Waals surface area (Å²) < 4.78 is 0. The van der Waals surface area contributed by atoms with E-state index in [9.17, 15) is 14.7 Å². The van der Waals surface area contributed by atoms with Crippen molar-refractivity contribution in [2.45, 2.75) is 58.8 Å². The quantitative estimate of drug-likeness (QED) is 0.847. The van der Waals surface area contributed by atoms with Crippen molar-refractivity contribution in [1.82, 2.24) is 4.90 Å². The number of aliphatic carboxylic acids is 1. The Labute approximate surface area is 127 Å². The van der Waals surface area contributed by atoms with Crippen LogP contribution in [0, 0.1) is 23.7 Å². The molecule has 1 saturated heterocycles. The molecule has 1 saturated carbocycles. The van der Waals surface area contributed by atoms with Crippen LogP contribution in [0.3, 0.4) is 0 Å². The molecular weight excluding hydrogens is 266 g/mol. The Balaban J connectivity index is 1.94. The number of piperidine rings is 1. The first-order chi connectivity index (χ1) is 10.1. The zero-order chi connectivity index (χ0) is 15.4. The Morgan fingerprint density at radius 1 is 1.05 bits per heavy atom. The Kier molecular flexibility index (Phi) is 5.65. The molecule has 1 aliphatic heterocycles. The van der Waals surface area contributed by atoms with Crippen LogP contribution in [0.4, 0.5) is 0 Å². The first-order valence-electron chi connectivity index (χ1n) is 8.58. The summed E-state index contributed by atoms with van der Waals surface area (Å²) in [6.45, 7) is 5.94. The van der Waals surface area contributed by atoms with Crippen LogP contribution in [0.2, 0.25) is 0 Å². The topological polar surface area (TPSA) is 57.6 Å². The van der Waals surface area contributed by atoms with E-state index in [1.165, 1.54) is 12.8 Å². The first-order valence-corrected chi connectivity index (χ1v) is 8.58. The molecule has 2 aliphatic rings. The Hall–Kier alpha value is -1.06. The summed E-state index contributed by atoms with van der Waals surface area (Å²) in [6.07, 6.45) is 7.05. The predicted molar refractivity (Wildman–Crippen MR) is 81.8 cm³/mol. The molecule has 0 aromatic rings. The third kappa shape index (κ3) is 3.78. The molecule has 1 aliphatic carbocycles. The van der Waals surface area contributed by atoms with Crippen LogP contribution >= 0.6 is 0 Å². The van der Waals surface area contributed by atoms with Gasteiger partial charge in [-0.2, -0.15) is 0 Å². The number of carbonyl (C=O) groups is 2. The highest BCUT2D eigenvalue weighted by Crippen LogP contribution is 2.40. The smallest absolute Gasteiger partial charge is 0.307 e. The van der Waals surface area contributed by atoms with Gasteiger partial charge in [-0.15, -0.1) is 0 Å². The van der Waals surface area contributed by atoms with E-state index in [4.69, 9.17) is 0 Å². The molecule has 2 fully saturated rings. The second-order valence-electron chi connectivity index (χ2n) is 6.85. The molecule has 1 heterocycles. The molecule has 0 radical (unpaired) electrons. The maximum Gasteiger partial charge on any atom is 0.307 e. The van der Waals surface area contributed by atoms with Gasteiger partial charge in [-0.1, -0.05) is 33.1 Å². The second-order valence-corrected chi connectivity index (χ2v) is 6.85. The first kappa shape index (κ1) is 16.3. The average molecular weight is 295 g/mol. The van der Waals surface area contributed by atoms with Crippen molar-refractivity contribution in [2.75, 3.05) is 13.1 Å². The molecule has 0 aromatic carbocycles. The van der Waals surface area contributed by atoms with Gasteiger partial charge in [0, 0.05) is 13.1 Å². The number of nitrogens with zero attached hydrogens (tertiary/aromatic N) is 1. The third-order valence-corrected chi connectivity index (χ3v) is 5.50. The lowest BCUT2D eigenvalue weighted by molar-refractivity contribution is -0.149. The molecule has 0 spiro atoms. The molecule has 4 heteroatoms. The van der Waals surface area contributed by atoms with Crippen LogP contribution in [0.1, 0.15) is 58.8 Å². The number of hydrogen-bond acceptors (Lipinski definition) is 2. The number of likely N-dealkylation sites (tertiary alicyclic amines) is 1. The van der Waals surface area contributed by atoms with Crippen LogP contribution in [0.25, 0.3) is 0 Å². The minimum absolute atomic E-state index is 0.105. The van der Waals surface area contributed by atoms with Gasteiger partial charge in [-0.3, -0.25) is 9.59 Å². The van der Waals surface area contributed by atoms with Crippen molar-refractivity contribution in [3.8, 4) is 0 Å². The second kappa shape index (κ2) is 7.28. The largest absolute Gasteiger partial charge is 0.481 e. The van der Waals surface area contributed by atoms with Crippen LogP contribution in [-0.2, 0) is 9.59 Å². The van der Waals surface area contributed by atoms with Gasteiger partial charge in [0.05, 0.1) is 11.8 Å². The van der Waals surface area contributed by atoms with Crippen molar-refractivity contribution >= 4 is 11.9 Å². The summed E-state index contributed by atoms with van der Waals surface area (Å²) in [5.74, 6) is -0.275. The standard InChI is InChI=1S/C17H29NO3/c1-3-5-13-6-8-18(9-7-13)16(19)14-10-12(4-2)11-15(14)17(20)21/h12-15H,3-11H2,1-2H3,(H,20,21). The lowest BCUT2D eigenvalue weighted by atomic mass is 9.90. The molecule has 3 unspecified atom stereocenters. The van der Waals surface area contributed by atoms with Gasteiger partial charge in [-0.05, 0) is 37.5 Å². The van der Waals surface area contributed by atoms with Gasteiger partial charge in [0.2, 0.25) is 5.91 Å². The van der Waals surface area contributed by atoms with E-state index in [1.54, 1.807) is 0 Å². The number of carboxylic acid groups (broad SMARTS) is 1. The van der Waals surface area contributed by atoms with Gasteiger partial charge >= 0.3 is 5.97 Å². The maximum absolute atomic E-state index is 12.7. The van der Waals surface area contributed by atoms with Crippen LogP contribution in [0.5, 0.6) is 0 Å². The number of carbonyl (C=O) groups excluding carboxylic acids is 1. The van der Waals surface area contributed by atoms with E-state index in [0.29, 0.717) is 12.3 Å². The van der Waals surface area contributed by atoms with E-state index in [1.807, 2.05) is 4.90 Å². The van der Waals surface area contributed by atoms with E-state index < -0.39 is 11.9 Å². The van der Waals surface area contributed by atoms with Gasteiger partial charge in [0.1, 0.15) is 0 Å². The zero-order valence-electron chi connectivity index (χ0n) is 13.4. The Bertz CT molecular complexity index is 374. The van der Waals surface area contributed by atoms with E-state index in [0.717, 1.165) is 44.7 Å². The number of carboxylic acids is 1. The summed E-state index contributed by atoms with van der Waals surface area (Å²) in [4.78, 5) is 26.1. The SMILES string of the molecule is CCCC1CCN(C(=O)C2CC(CC)CC2C(=O)O)CC1. The summed E-state index contributed by atoms with van der Waals surface area (Å²) in [7, 11) is 0. The van der Waals surface area contributed by atoms with Gasteiger partial charge < -0.3 is 10.0 Å². The summed E-state index contributed by atoms with van der Waals surface area (Å²) in [5, 5.41) is 9.39. The number of rotatable bonds is 5. The minimum Gasteiger partial charge on any atom is -0.481 e. The average Bonchev–Trinajstić information content (AvgIpc) is 2.92. The zero-order valence-corrected chi connectivity index (χ0v) is 13.4. The molecule has 1 N–H and O–H groups in total. The van der Waals surface area contributed by atoms with Crippen LogP contribution in [-0.4, -0.2) is 35.0 Å². The molecule has 1 amide bonds. The Morgan fingerprint density at radius 3 is 2.19 bits per heavy atom. The molecule has 4 nitrogen and oxygen atoms in total. The van der Waals surface area contributed by atoms with Crippen molar-refractivity contribution < 1.29 is 14.7 Å².